The fraction of sp³-hybridized carbons (Fsp3) is 0.389. The molecule has 0 unspecified atom stereocenters. The maximum absolute atomic E-state index is 13.4. The summed E-state index contributed by atoms with van der Waals surface area (Å²) in [6.45, 7) is 9.67. The molecule has 3 N–H and O–H groups in total. The van der Waals surface area contributed by atoms with E-state index in [1.807, 2.05) is 20.8 Å². The zero-order valence-corrected chi connectivity index (χ0v) is 28.7. The molecule has 3 amide bonds. The van der Waals surface area contributed by atoms with E-state index >= 15 is 0 Å². The van der Waals surface area contributed by atoms with Gasteiger partial charge >= 0.3 is 12.1 Å². The Bertz CT molecular complexity index is 1980. The lowest BCUT2D eigenvalue weighted by Gasteiger charge is -2.39. The Balaban J connectivity index is 0.00000417. The Hall–Kier alpha value is -4.81. The van der Waals surface area contributed by atoms with Gasteiger partial charge in [-0.3, -0.25) is 10.1 Å². The minimum absolute atomic E-state index is 0. The number of H-pyrrole nitrogens is 1. The molecule has 0 spiro atoms. The third-order valence-electron chi connectivity index (χ3n) is 9.16. The molecule has 258 valence electrons. The average molecular weight is 689 g/mol. The van der Waals surface area contributed by atoms with E-state index in [9.17, 15) is 14.4 Å². The molecular formula is C36H41ClN6O6. The number of anilines is 2. The van der Waals surface area contributed by atoms with Gasteiger partial charge < -0.3 is 33.8 Å². The number of hydrogen-bond acceptors (Lipinski definition) is 8. The van der Waals surface area contributed by atoms with Crippen LogP contribution in [0.4, 0.5) is 21.1 Å². The third kappa shape index (κ3) is 7.60. The van der Waals surface area contributed by atoms with Crippen molar-refractivity contribution in [2.24, 2.45) is 0 Å². The summed E-state index contributed by atoms with van der Waals surface area (Å²) >= 11 is 0. The quantitative estimate of drug-likeness (QED) is 0.152. The fourth-order valence-electron chi connectivity index (χ4n) is 6.49. The molecule has 2 fully saturated rings. The molecule has 2 aromatic carbocycles. The molecule has 0 bridgehead atoms. The van der Waals surface area contributed by atoms with Crippen molar-refractivity contribution in [1.29, 1.82) is 0 Å². The number of rotatable bonds is 6. The number of carbonyl (C=O) groups is 3. The molecule has 13 heteroatoms. The van der Waals surface area contributed by atoms with Crippen LogP contribution in [-0.2, 0) is 5.41 Å². The van der Waals surface area contributed by atoms with Crippen molar-refractivity contribution in [1.82, 2.24) is 19.9 Å². The van der Waals surface area contributed by atoms with E-state index in [1.165, 1.54) is 19.3 Å². The number of nitrogens with one attached hydrogen (secondary N) is 3. The van der Waals surface area contributed by atoms with Crippen molar-refractivity contribution in [2.45, 2.75) is 64.3 Å². The van der Waals surface area contributed by atoms with E-state index in [-0.39, 0.29) is 35.5 Å². The van der Waals surface area contributed by atoms with Crippen molar-refractivity contribution < 1.29 is 28.1 Å². The second kappa shape index (κ2) is 14.0. The molecule has 5 heterocycles. The normalized spacial score (nSPS) is 16.0. The number of hydrogen-bond donors (Lipinski definition) is 3. The van der Waals surface area contributed by atoms with Gasteiger partial charge in [0.15, 0.2) is 11.6 Å². The lowest BCUT2D eigenvalue weighted by atomic mass is 9.93. The summed E-state index contributed by atoms with van der Waals surface area (Å²) in [6, 6.07) is 15.5. The molecule has 3 aromatic heterocycles. The second-order valence-electron chi connectivity index (χ2n) is 13.7. The number of carbonyl (C=O) groups excluding carboxylic acids is 3. The van der Waals surface area contributed by atoms with Crippen molar-refractivity contribution >= 4 is 63.7 Å². The highest BCUT2D eigenvalue weighted by atomic mass is 35.5. The number of likely N-dealkylation sites (tertiary alicyclic amines) is 2. The molecule has 0 saturated carbocycles. The van der Waals surface area contributed by atoms with E-state index in [0.29, 0.717) is 58.8 Å². The number of ether oxygens (including phenoxy) is 1. The van der Waals surface area contributed by atoms with Gasteiger partial charge in [-0.2, -0.15) is 0 Å². The fourth-order valence-corrected chi connectivity index (χ4v) is 6.49. The van der Waals surface area contributed by atoms with Crippen LogP contribution in [0.1, 0.15) is 74.9 Å². The predicted molar refractivity (Wildman–Crippen MR) is 189 cm³/mol. The molecule has 0 radical (unpaired) electrons. The molecule has 7 rings (SSSR count). The van der Waals surface area contributed by atoms with Gasteiger partial charge in [0.25, 0.3) is 0 Å². The number of fused-ring (bicyclic) bond motifs is 2. The molecule has 12 nitrogen and oxygen atoms in total. The van der Waals surface area contributed by atoms with Gasteiger partial charge in [0, 0.05) is 52.6 Å². The molecule has 2 saturated heterocycles. The monoisotopic (exact) mass is 688 g/mol. The third-order valence-corrected chi connectivity index (χ3v) is 9.16. The van der Waals surface area contributed by atoms with E-state index in [1.54, 1.807) is 59.5 Å². The highest BCUT2D eigenvalue weighted by molar-refractivity contribution is 6.10. The van der Waals surface area contributed by atoms with Gasteiger partial charge in [0.2, 0.25) is 5.78 Å². The smallest absolute Gasteiger partial charge is 0.415 e. The summed E-state index contributed by atoms with van der Waals surface area (Å²) in [7, 11) is 0. The van der Waals surface area contributed by atoms with Gasteiger partial charge in [-0.1, -0.05) is 32.3 Å². The Labute approximate surface area is 289 Å². The molecular weight excluding hydrogens is 648 g/mol. The number of piperidine rings is 2. The lowest BCUT2D eigenvalue weighted by molar-refractivity contribution is 0.0878. The predicted octanol–water partition coefficient (Wildman–Crippen LogP) is 7.95. The Morgan fingerprint density at radius 3 is 2.41 bits per heavy atom. The van der Waals surface area contributed by atoms with Gasteiger partial charge in [-0.25, -0.2) is 9.59 Å². The van der Waals surface area contributed by atoms with Crippen LogP contribution in [-0.4, -0.2) is 70.1 Å². The highest BCUT2D eigenvalue weighted by Gasteiger charge is 2.29. The van der Waals surface area contributed by atoms with Crippen LogP contribution in [0, 0.1) is 0 Å². The van der Waals surface area contributed by atoms with Crippen molar-refractivity contribution in [3.05, 3.63) is 71.8 Å². The first kappa shape index (κ1) is 34.1. The zero-order chi connectivity index (χ0) is 33.4. The van der Waals surface area contributed by atoms with Gasteiger partial charge in [-0.05, 0) is 87.3 Å². The van der Waals surface area contributed by atoms with Crippen molar-refractivity contribution in [3.8, 4) is 5.75 Å². The summed E-state index contributed by atoms with van der Waals surface area (Å²) in [5, 5.41) is 10.7. The number of benzene rings is 2. The summed E-state index contributed by atoms with van der Waals surface area (Å²) in [6.07, 6.45) is 5.43. The van der Waals surface area contributed by atoms with Crippen molar-refractivity contribution in [2.75, 3.05) is 36.8 Å². The molecule has 49 heavy (non-hydrogen) atoms. The van der Waals surface area contributed by atoms with Crippen LogP contribution in [0.25, 0.3) is 21.9 Å². The Morgan fingerprint density at radius 1 is 0.898 bits per heavy atom. The maximum atomic E-state index is 13.4. The molecule has 2 aliphatic rings. The van der Waals surface area contributed by atoms with Gasteiger partial charge in [0.1, 0.15) is 17.1 Å². The highest BCUT2D eigenvalue weighted by Crippen LogP contribution is 2.29. The number of furan rings is 1. The van der Waals surface area contributed by atoms with Crippen LogP contribution < -0.4 is 15.4 Å². The first-order chi connectivity index (χ1) is 23.1. The number of aromatic amines is 1. The standard InChI is InChI=1S/C36H40N6O6.ClH/c1-36(2,3)31-21-32(40-48-31)39-34(44)37-24-7-10-29-23(17-24)20-30(47-29)33(43)28-19-22-18-26(8-9-27(22)38-28)46-35(45)42-15-11-25(12-16-42)41-13-5-4-6-14-41;/h7-10,17-21,25,38H,4-6,11-16H2,1-3H3,(H2,37,39,40,44);1H. The van der Waals surface area contributed by atoms with Crippen LogP contribution in [0.2, 0.25) is 0 Å². The summed E-state index contributed by atoms with van der Waals surface area (Å²) < 4.78 is 16.9. The van der Waals surface area contributed by atoms with Crippen LogP contribution >= 0.6 is 12.4 Å². The molecule has 5 aromatic rings. The van der Waals surface area contributed by atoms with Crippen molar-refractivity contribution in [3.63, 3.8) is 0 Å². The van der Waals surface area contributed by atoms with E-state index in [0.717, 1.165) is 36.8 Å². The van der Waals surface area contributed by atoms with E-state index in [4.69, 9.17) is 13.7 Å². The Morgan fingerprint density at radius 2 is 1.67 bits per heavy atom. The van der Waals surface area contributed by atoms with Crippen LogP contribution in [0.15, 0.2) is 63.5 Å². The van der Waals surface area contributed by atoms with Gasteiger partial charge in [0.05, 0.1) is 5.69 Å². The lowest BCUT2D eigenvalue weighted by Crippen LogP contribution is -2.48. The topological polar surface area (TPSA) is 146 Å². The molecule has 2 aliphatic heterocycles. The number of nitrogens with zero attached hydrogens (tertiary/aromatic N) is 3. The van der Waals surface area contributed by atoms with Gasteiger partial charge in [-0.15, -0.1) is 12.4 Å². The maximum Gasteiger partial charge on any atom is 0.415 e. The largest absolute Gasteiger partial charge is 0.453 e. The second-order valence-corrected chi connectivity index (χ2v) is 13.7. The number of halogens is 1. The Kier molecular flexibility index (Phi) is 9.71. The zero-order valence-electron chi connectivity index (χ0n) is 27.8. The SMILES string of the molecule is CC(C)(C)c1cc(NC(=O)Nc2ccc3oc(C(=O)c4cc5cc(OC(=O)N6CCC(N7CCCCC7)CC6)ccc5[nH]4)cc3c2)no1.Cl. The number of aromatic nitrogens is 2. The number of amides is 3. The molecule has 0 aliphatic carbocycles. The van der Waals surface area contributed by atoms with Crippen LogP contribution in [0.5, 0.6) is 5.75 Å². The first-order valence-electron chi connectivity index (χ1n) is 16.6. The average Bonchev–Trinajstić information content (AvgIpc) is 3.83. The minimum Gasteiger partial charge on any atom is -0.453 e. The van der Waals surface area contributed by atoms with E-state index < -0.39 is 6.03 Å². The summed E-state index contributed by atoms with van der Waals surface area (Å²) in [4.78, 5) is 46.5. The first-order valence-corrected chi connectivity index (χ1v) is 16.6. The number of urea groups is 1. The minimum atomic E-state index is -0.483. The summed E-state index contributed by atoms with van der Waals surface area (Å²) in [5.41, 5.74) is 1.85. The number of ketones is 1. The summed E-state index contributed by atoms with van der Waals surface area (Å²) in [5.74, 6) is 1.21. The van der Waals surface area contributed by atoms with Crippen LogP contribution in [0.3, 0.4) is 0 Å². The molecule has 0 atom stereocenters. The van der Waals surface area contributed by atoms with E-state index in [2.05, 4.69) is 25.7 Å².